The van der Waals surface area contributed by atoms with Gasteiger partial charge >= 0.3 is 5.97 Å². The highest BCUT2D eigenvalue weighted by atomic mass is 32.2. The van der Waals surface area contributed by atoms with E-state index >= 15 is 0 Å². The van der Waals surface area contributed by atoms with E-state index in [9.17, 15) is 22.8 Å². The highest BCUT2D eigenvalue weighted by molar-refractivity contribution is 7.89. The zero-order valence-electron chi connectivity index (χ0n) is 13.5. The van der Waals surface area contributed by atoms with Gasteiger partial charge in [0.25, 0.3) is 15.9 Å². The highest BCUT2D eigenvalue weighted by Crippen LogP contribution is 2.15. The van der Waals surface area contributed by atoms with Crippen LogP contribution in [0.5, 0.6) is 0 Å². The zero-order chi connectivity index (χ0) is 19.5. The van der Waals surface area contributed by atoms with Crippen molar-refractivity contribution in [3.05, 3.63) is 47.7 Å². The molecule has 10 nitrogen and oxygen atoms in total. The maximum absolute atomic E-state index is 12.0. The molecule has 0 fully saturated rings. The number of hydrogen-bond acceptors (Lipinski definition) is 7. The zero-order valence-corrected chi connectivity index (χ0v) is 14.3. The van der Waals surface area contributed by atoms with E-state index in [2.05, 4.69) is 5.32 Å². The number of furan rings is 1. The molecule has 1 aromatic carbocycles. The number of anilines is 1. The molecule has 1 atom stereocenters. The fourth-order valence-corrected chi connectivity index (χ4v) is 2.28. The van der Waals surface area contributed by atoms with Gasteiger partial charge in [-0.15, -0.1) is 0 Å². The second-order valence-electron chi connectivity index (χ2n) is 5.14. The number of carbonyl (C=O) groups excluding carboxylic acids is 3. The maximum Gasteiger partial charge on any atom is 0.375 e. The minimum Gasteiger partial charge on any atom is -0.447 e. The van der Waals surface area contributed by atoms with Gasteiger partial charge in [0.2, 0.25) is 16.8 Å². The van der Waals surface area contributed by atoms with Crippen LogP contribution in [0.1, 0.15) is 27.8 Å². The molecule has 138 valence electrons. The number of sulfonamides is 1. The highest BCUT2D eigenvalue weighted by Gasteiger charge is 2.23. The average molecular weight is 381 g/mol. The quantitative estimate of drug-likeness (QED) is 0.600. The van der Waals surface area contributed by atoms with Gasteiger partial charge in [0.05, 0.1) is 0 Å². The molecule has 1 unspecified atom stereocenters. The van der Waals surface area contributed by atoms with Crippen molar-refractivity contribution in [1.29, 1.82) is 0 Å². The van der Waals surface area contributed by atoms with E-state index in [1.807, 2.05) is 0 Å². The summed E-state index contributed by atoms with van der Waals surface area (Å²) in [5, 5.41) is 6.75. The van der Waals surface area contributed by atoms with Crippen LogP contribution in [0, 0.1) is 0 Å². The van der Waals surface area contributed by atoms with Gasteiger partial charge in [-0.3, -0.25) is 9.59 Å². The second kappa shape index (κ2) is 7.37. The van der Waals surface area contributed by atoms with Crippen molar-refractivity contribution >= 4 is 33.5 Å². The van der Waals surface area contributed by atoms with Crippen molar-refractivity contribution < 1.29 is 32.0 Å². The van der Waals surface area contributed by atoms with Gasteiger partial charge in [0.1, 0.15) is 0 Å². The van der Waals surface area contributed by atoms with Crippen molar-refractivity contribution in [2.45, 2.75) is 18.1 Å². The third-order valence-corrected chi connectivity index (χ3v) is 3.93. The Morgan fingerprint density at radius 1 is 1.12 bits per heavy atom. The molecule has 0 saturated heterocycles. The average Bonchev–Trinajstić information content (AvgIpc) is 3.05. The number of rotatable bonds is 6. The molecule has 0 saturated carbocycles. The summed E-state index contributed by atoms with van der Waals surface area (Å²) in [7, 11) is -4.10. The number of esters is 1. The molecule has 0 bridgehead atoms. The van der Waals surface area contributed by atoms with E-state index in [1.54, 1.807) is 0 Å². The van der Waals surface area contributed by atoms with Gasteiger partial charge in [-0.1, -0.05) is 0 Å². The Kier molecular flexibility index (Phi) is 5.43. The summed E-state index contributed by atoms with van der Waals surface area (Å²) in [5.41, 5.74) is 5.74. The van der Waals surface area contributed by atoms with Crippen LogP contribution in [0.25, 0.3) is 0 Å². The Labute approximate surface area is 148 Å². The van der Waals surface area contributed by atoms with Crippen LogP contribution in [0.15, 0.2) is 45.9 Å². The van der Waals surface area contributed by atoms with Crippen LogP contribution in [0.4, 0.5) is 5.69 Å². The topological polar surface area (TPSA) is 172 Å². The molecule has 11 heteroatoms. The van der Waals surface area contributed by atoms with Crippen molar-refractivity contribution in [1.82, 2.24) is 0 Å². The predicted molar refractivity (Wildman–Crippen MR) is 88.5 cm³/mol. The summed E-state index contributed by atoms with van der Waals surface area (Å²) < 4.78 is 31.9. The summed E-state index contributed by atoms with van der Waals surface area (Å²) in [6.45, 7) is 1.31. The van der Waals surface area contributed by atoms with Gasteiger partial charge in [-0.05, 0) is 43.3 Å². The first kappa shape index (κ1) is 19.1. The fraction of sp³-hybridized carbons (Fsp3) is 0.133. The first-order chi connectivity index (χ1) is 12.1. The molecular weight excluding hydrogens is 366 g/mol. The standard InChI is InChI=1S/C15H15N3O7S/c1-8(14(20)18-10-4-2-9(3-5-10)13(16)19)24-15(21)11-6-7-12(25-11)26(17,22)23/h2-8H,1H3,(H2,16,19)(H,18,20)(H2,17,22,23). The first-order valence-electron chi connectivity index (χ1n) is 7.12. The van der Waals surface area contributed by atoms with Gasteiger partial charge in [0.15, 0.2) is 6.10 Å². The summed E-state index contributed by atoms with van der Waals surface area (Å²) >= 11 is 0. The molecule has 1 aromatic heterocycles. The number of carbonyl (C=O) groups is 3. The van der Waals surface area contributed by atoms with E-state index in [0.717, 1.165) is 12.1 Å². The lowest BCUT2D eigenvalue weighted by Crippen LogP contribution is -2.29. The number of primary sulfonamides is 1. The van der Waals surface area contributed by atoms with Crippen molar-refractivity contribution in [3.63, 3.8) is 0 Å². The Hall–Kier alpha value is -3.18. The maximum atomic E-state index is 12.0. The Bertz CT molecular complexity index is 948. The lowest BCUT2D eigenvalue weighted by molar-refractivity contribution is -0.123. The molecule has 5 N–H and O–H groups in total. The van der Waals surface area contributed by atoms with Crippen LogP contribution in [-0.4, -0.2) is 32.3 Å². The number of hydrogen-bond donors (Lipinski definition) is 3. The molecule has 2 amide bonds. The lowest BCUT2D eigenvalue weighted by atomic mass is 10.2. The number of benzene rings is 1. The molecule has 0 spiro atoms. The van der Waals surface area contributed by atoms with Crippen molar-refractivity contribution in [2.75, 3.05) is 5.32 Å². The molecule has 0 radical (unpaired) electrons. The predicted octanol–water partition coefficient (Wildman–Crippen LogP) is 0.210. The summed E-state index contributed by atoms with van der Waals surface area (Å²) in [6, 6.07) is 7.82. The number of ether oxygens (including phenoxy) is 1. The Balaban J connectivity index is 1.98. The van der Waals surface area contributed by atoms with Crippen LogP contribution in [0.2, 0.25) is 0 Å². The molecule has 0 aliphatic carbocycles. The smallest absolute Gasteiger partial charge is 0.375 e. The summed E-state index contributed by atoms with van der Waals surface area (Å²) in [4.78, 5) is 34.9. The van der Waals surface area contributed by atoms with E-state index < -0.39 is 44.8 Å². The van der Waals surface area contributed by atoms with E-state index in [4.69, 9.17) is 20.0 Å². The molecule has 2 rings (SSSR count). The van der Waals surface area contributed by atoms with Gasteiger partial charge in [0, 0.05) is 11.3 Å². The van der Waals surface area contributed by atoms with E-state index in [1.165, 1.54) is 31.2 Å². The Morgan fingerprint density at radius 2 is 1.73 bits per heavy atom. The molecule has 2 aromatic rings. The van der Waals surface area contributed by atoms with Gasteiger partial charge in [-0.2, -0.15) is 0 Å². The first-order valence-corrected chi connectivity index (χ1v) is 8.67. The van der Waals surface area contributed by atoms with Gasteiger partial charge in [-0.25, -0.2) is 18.4 Å². The van der Waals surface area contributed by atoms with E-state index in [-0.39, 0.29) is 5.56 Å². The molecule has 0 aliphatic rings. The largest absolute Gasteiger partial charge is 0.447 e. The number of nitrogens with two attached hydrogens (primary N) is 2. The minimum absolute atomic E-state index is 0.269. The number of amides is 2. The molecule has 0 aliphatic heterocycles. The van der Waals surface area contributed by atoms with Crippen molar-refractivity contribution in [2.24, 2.45) is 10.9 Å². The minimum atomic E-state index is -4.10. The third kappa shape index (κ3) is 4.68. The van der Waals surface area contributed by atoms with E-state index in [0.29, 0.717) is 5.69 Å². The molecule has 26 heavy (non-hydrogen) atoms. The monoisotopic (exact) mass is 381 g/mol. The van der Waals surface area contributed by atoms with Crippen LogP contribution >= 0.6 is 0 Å². The summed E-state index contributed by atoms with van der Waals surface area (Å²) in [6.07, 6.45) is -1.21. The summed E-state index contributed by atoms with van der Waals surface area (Å²) in [5.74, 6) is -2.71. The van der Waals surface area contributed by atoms with Crippen LogP contribution in [-0.2, 0) is 19.6 Å². The van der Waals surface area contributed by atoms with Gasteiger partial charge < -0.3 is 20.2 Å². The second-order valence-corrected chi connectivity index (χ2v) is 6.63. The normalized spacial score (nSPS) is 12.2. The Morgan fingerprint density at radius 3 is 2.23 bits per heavy atom. The third-order valence-electron chi connectivity index (χ3n) is 3.15. The fourth-order valence-electron chi connectivity index (χ4n) is 1.82. The van der Waals surface area contributed by atoms with Crippen LogP contribution < -0.4 is 16.2 Å². The SMILES string of the molecule is CC(OC(=O)c1ccc(S(N)(=O)=O)o1)C(=O)Nc1ccc(C(N)=O)cc1. The number of primary amides is 1. The van der Waals surface area contributed by atoms with Crippen molar-refractivity contribution in [3.8, 4) is 0 Å². The molecular formula is C15H15N3O7S. The lowest BCUT2D eigenvalue weighted by Gasteiger charge is -2.12. The number of nitrogens with one attached hydrogen (secondary N) is 1. The molecule has 1 heterocycles. The van der Waals surface area contributed by atoms with Crippen LogP contribution in [0.3, 0.4) is 0 Å².